The quantitative estimate of drug-likeness (QED) is 0.0222. The molecule has 6 atom stereocenters. The first-order valence-electron chi connectivity index (χ1n) is 44.0. The Hall–Kier alpha value is -1.94. The van der Waals surface area contributed by atoms with Crippen LogP contribution in [0, 0.1) is 11.8 Å². The number of carbonyl (C=O) groups excluding carboxylic acids is 4. The molecule has 3 N–H and O–H groups in total. The molecule has 0 heterocycles. The van der Waals surface area contributed by atoms with E-state index in [0.29, 0.717) is 25.7 Å². The molecule has 0 aliphatic carbocycles. The number of ether oxygens (including phenoxy) is 4. The first kappa shape index (κ1) is 102. The molecule has 0 fully saturated rings. The van der Waals surface area contributed by atoms with Gasteiger partial charge in [-0.05, 0) is 37.5 Å². The number of phosphoric acid groups is 2. The minimum atomic E-state index is -4.97. The fourth-order valence-corrected chi connectivity index (χ4v) is 14.8. The molecular formula is C85H166O17P2. The molecule has 0 aromatic rings. The minimum Gasteiger partial charge on any atom is -0.462 e. The second kappa shape index (κ2) is 76.4. The molecule has 0 saturated carbocycles. The molecule has 0 spiro atoms. The number of unbranched alkanes of at least 4 members (excludes halogenated alkanes) is 53. The van der Waals surface area contributed by atoms with Crippen LogP contribution in [0.3, 0.4) is 0 Å². The summed E-state index contributed by atoms with van der Waals surface area (Å²) >= 11 is 0. The van der Waals surface area contributed by atoms with Crippen LogP contribution in [0.5, 0.6) is 0 Å². The third kappa shape index (κ3) is 76.8. The highest BCUT2D eigenvalue weighted by Gasteiger charge is 2.30. The number of aliphatic hydroxyl groups is 1. The summed E-state index contributed by atoms with van der Waals surface area (Å²) < 4.78 is 68.9. The predicted molar refractivity (Wildman–Crippen MR) is 428 cm³/mol. The zero-order valence-corrected chi connectivity index (χ0v) is 70.1. The molecule has 0 aliphatic heterocycles. The molecule has 104 heavy (non-hydrogen) atoms. The van der Waals surface area contributed by atoms with E-state index in [0.717, 1.165) is 108 Å². The van der Waals surface area contributed by atoms with Gasteiger partial charge in [0.15, 0.2) is 12.2 Å². The van der Waals surface area contributed by atoms with E-state index in [4.69, 9.17) is 37.0 Å². The standard InChI is InChI=1S/C85H166O17P2/c1-7-10-12-14-16-18-20-22-24-26-28-30-32-34-36-41-45-49-57-63-69-84(89)101-80(73-95-82(87)67-61-55-48-44-40-35-33-31-29-27-25-23-21-19-17-15-13-11-8-2)75-99-103(91,92)97-71-79(86)72-98-104(93,94)100-76-81(74-96-83(88)68-62-56-52-51-54-60-66-78(6)9-3)102-85(90)70-64-58-50-46-42-38-37-39-43-47-53-59-65-77(4)5/h77-81,86H,7-76H2,1-6H3,(H,91,92)(H,93,94)/t78?,79-,80-,81-/m1/s1. The summed E-state index contributed by atoms with van der Waals surface area (Å²) in [5.41, 5.74) is 0. The van der Waals surface area contributed by atoms with Gasteiger partial charge < -0.3 is 33.8 Å². The summed E-state index contributed by atoms with van der Waals surface area (Å²) in [4.78, 5) is 73.2. The van der Waals surface area contributed by atoms with Crippen LogP contribution in [0.15, 0.2) is 0 Å². The molecule has 0 radical (unpaired) electrons. The summed E-state index contributed by atoms with van der Waals surface area (Å²) in [5.74, 6) is -0.598. The summed E-state index contributed by atoms with van der Waals surface area (Å²) in [7, 11) is -9.93. The topological polar surface area (TPSA) is 237 Å². The predicted octanol–water partition coefficient (Wildman–Crippen LogP) is 25.8. The Morgan fingerprint density at radius 2 is 0.490 bits per heavy atom. The molecule has 0 rings (SSSR count). The van der Waals surface area contributed by atoms with E-state index < -0.39 is 97.5 Å². The second-order valence-electron chi connectivity index (χ2n) is 31.3. The van der Waals surface area contributed by atoms with Gasteiger partial charge in [0.2, 0.25) is 0 Å². The Balaban J connectivity index is 5.23. The Kier molecular flexibility index (Phi) is 75.0. The molecule has 618 valence electrons. The van der Waals surface area contributed by atoms with Gasteiger partial charge in [0.25, 0.3) is 0 Å². The van der Waals surface area contributed by atoms with E-state index >= 15 is 0 Å². The molecule has 0 amide bonds. The van der Waals surface area contributed by atoms with E-state index in [2.05, 4.69) is 41.5 Å². The number of rotatable bonds is 84. The van der Waals surface area contributed by atoms with E-state index in [1.807, 2.05) is 0 Å². The largest absolute Gasteiger partial charge is 0.472 e. The fourth-order valence-electron chi connectivity index (χ4n) is 13.2. The average Bonchev–Trinajstić information content (AvgIpc) is 0.908. The molecule has 0 bridgehead atoms. The lowest BCUT2D eigenvalue weighted by Crippen LogP contribution is -2.30. The lowest BCUT2D eigenvalue weighted by molar-refractivity contribution is -0.161. The van der Waals surface area contributed by atoms with Crippen LogP contribution in [-0.4, -0.2) is 96.7 Å². The zero-order chi connectivity index (χ0) is 76.4. The highest BCUT2D eigenvalue weighted by atomic mass is 31.2. The molecular weight excluding hydrogens is 1350 g/mol. The smallest absolute Gasteiger partial charge is 0.462 e. The minimum absolute atomic E-state index is 0.106. The van der Waals surface area contributed by atoms with Crippen molar-refractivity contribution in [3.05, 3.63) is 0 Å². The third-order valence-corrected chi connectivity index (χ3v) is 22.2. The van der Waals surface area contributed by atoms with Crippen molar-refractivity contribution in [2.45, 2.75) is 471 Å². The van der Waals surface area contributed by atoms with Crippen molar-refractivity contribution in [2.75, 3.05) is 39.6 Å². The number of carbonyl (C=O) groups is 4. The molecule has 0 aliphatic rings. The van der Waals surface area contributed by atoms with Crippen molar-refractivity contribution < 1.29 is 80.2 Å². The monoisotopic (exact) mass is 1520 g/mol. The van der Waals surface area contributed by atoms with Gasteiger partial charge >= 0.3 is 39.5 Å². The maximum Gasteiger partial charge on any atom is 0.472 e. The first-order chi connectivity index (χ1) is 50.4. The first-order valence-corrected chi connectivity index (χ1v) is 47.0. The second-order valence-corrected chi connectivity index (χ2v) is 34.2. The van der Waals surface area contributed by atoms with Crippen molar-refractivity contribution >= 4 is 39.5 Å². The van der Waals surface area contributed by atoms with Gasteiger partial charge in [-0.1, -0.05) is 401 Å². The summed E-state index contributed by atoms with van der Waals surface area (Å²) in [6.07, 6.45) is 68.2. The van der Waals surface area contributed by atoms with Crippen LogP contribution in [0.25, 0.3) is 0 Å². The van der Waals surface area contributed by atoms with Crippen LogP contribution in [-0.2, 0) is 65.4 Å². The molecule has 19 heteroatoms. The van der Waals surface area contributed by atoms with Crippen LogP contribution < -0.4 is 0 Å². The molecule has 0 aromatic carbocycles. The van der Waals surface area contributed by atoms with Crippen molar-refractivity contribution in [3.63, 3.8) is 0 Å². The number of hydrogen-bond acceptors (Lipinski definition) is 15. The van der Waals surface area contributed by atoms with Gasteiger partial charge in [0.05, 0.1) is 26.4 Å². The Labute approximate surface area is 638 Å². The Bertz CT molecular complexity index is 2000. The summed E-state index contributed by atoms with van der Waals surface area (Å²) in [5, 5.41) is 10.7. The number of aliphatic hydroxyl groups excluding tert-OH is 1. The lowest BCUT2D eigenvalue weighted by Gasteiger charge is -2.21. The summed E-state index contributed by atoms with van der Waals surface area (Å²) in [6, 6.07) is 0. The fraction of sp³-hybridized carbons (Fsp3) is 0.953. The van der Waals surface area contributed by atoms with Crippen LogP contribution in [0.4, 0.5) is 0 Å². The van der Waals surface area contributed by atoms with Gasteiger partial charge in [0, 0.05) is 25.7 Å². The highest BCUT2D eigenvalue weighted by Crippen LogP contribution is 2.45. The van der Waals surface area contributed by atoms with Crippen molar-refractivity contribution in [2.24, 2.45) is 11.8 Å². The van der Waals surface area contributed by atoms with Crippen LogP contribution >= 0.6 is 15.6 Å². The van der Waals surface area contributed by atoms with Gasteiger partial charge in [-0.3, -0.25) is 37.3 Å². The van der Waals surface area contributed by atoms with Crippen molar-refractivity contribution in [1.29, 1.82) is 0 Å². The van der Waals surface area contributed by atoms with E-state index in [1.54, 1.807) is 0 Å². The average molecular weight is 1520 g/mol. The maximum absolute atomic E-state index is 13.1. The highest BCUT2D eigenvalue weighted by molar-refractivity contribution is 7.47. The van der Waals surface area contributed by atoms with E-state index in [-0.39, 0.29) is 25.7 Å². The van der Waals surface area contributed by atoms with Crippen LogP contribution in [0.1, 0.15) is 452 Å². The molecule has 3 unspecified atom stereocenters. The third-order valence-electron chi connectivity index (χ3n) is 20.3. The number of esters is 4. The Morgan fingerprint density at radius 1 is 0.279 bits per heavy atom. The Morgan fingerprint density at radius 3 is 0.731 bits per heavy atom. The normalized spacial score (nSPS) is 14.1. The summed E-state index contributed by atoms with van der Waals surface area (Å²) in [6.45, 7) is 9.63. The van der Waals surface area contributed by atoms with Gasteiger partial charge in [-0.15, -0.1) is 0 Å². The van der Waals surface area contributed by atoms with Crippen molar-refractivity contribution in [3.8, 4) is 0 Å². The van der Waals surface area contributed by atoms with Gasteiger partial charge in [-0.25, -0.2) is 9.13 Å². The van der Waals surface area contributed by atoms with Gasteiger partial charge in [0.1, 0.15) is 19.3 Å². The van der Waals surface area contributed by atoms with Crippen molar-refractivity contribution in [1.82, 2.24) is 0 Å². The SMILES string of the molecule is CCCCCCCCCCCCCCCCCCCCCCC(=O)O[C@H](COC(=O)CCCCCCCCCCCCCCCCCCCCC)COP(=O)(O)OC[C@@H](O)COP(=O)(O)OC[C@@H](COC(=O)CCCCCCCCC(C)CC)OC(=O)CCCCCCCCCCCCCCC(C)C. The van der Waals surface area contributed by atoms with E-state index in [1.165, 1.54) is 263 Å². The van der Waals surface area contributed by atoms with Crippen LogP contribution in [0.2, 0.25) is 0 Å². The zero-order valence-electron chi connectivity index (χ0n) is 68.3. The molecule has 0 aromatic heterocycles. The van der Waals surface area contributed by atoms with Gasteiger partial charge in [-0.2, -0.15) is 0 Å². The van der Waals surface area contributed by atoms with E-state index in [9.17, 15) is 43.2 Å². The molecule has 17 nitrogen and oxygen atoms in total. The number of hydrogen-bond donors (Lipinski definition) is 3. The number of phosphoric ester groups is 2. The molecule has 0 saturated heterocycles. The maximum atomic E-state index is 13.1. The lowest BCUT2D eigenvalue weighted by atomic mass is 10.00.